The van der Waals surface area contributed by atoms with E-state index < -0.39 is 35.3 Å². The third kappa shape index (κ3) is 7.96. The first-order chi connectivity index (χ1) is 7.71. The van der Waals surface area contributed by atoms with Crippen LogP contribution in [0.25, 0.3) is 0 Å². The molecule has 0 aliphatic heterocycles. The van der Waals surface area contributed by atoms with Crippen molar-refractivity contribution in [1.29, 1.82) is 0 Å². The highest BCUT2D eigenvalue weighted by Gasteiger charge is 2.31. The zero-order valence-electron chi connectivity index (χ0n) is 10.7. The Morgan fingerprint density at radius 3 is 0.944 bits per heavy atom. The van der Waals surface area contributed by atoms with Gasteiger partial charge in [-0.25, -0.2) is 9.59 Å². The largest absolute Gasteiger partial charge is 0.479 e. The molecule has 0 bridgehead atoms. The number of carbonyl (C=O) groups is 2. The summed E-state index contributed by atoms with van der Waals surface area (Å²) in [5, 5.41) is 51.1. The molecule has 0 saturated carbocycles. The zero-order chi connectivity index (χ0) is 15.3. The lowest BCUT2D eigenvalue weighted by Crippen LogP contribution is -2.41. The van der Waals surface area contributed by atoms with Gasteiger partial charge in [0.15, 0.2) is 12.2 Å². The minimum Gasteiger partial charge on any atom is -0.479 e. The highest BCUT2D eigenvalue weighted by Crippen LogP contribution is 2.07. The van der Waals surface area contributed by atoms with E-state index in [4.69, 9.17) is 30.6 Å². The summed E-state index contributed by atoms with van der Waals surface area (Å²) in [6.07, 6.45) is -3.42. The Morgan fingerprint density at radius 2 is 0.944 bits per heavy atom. The minimum atomic E-state index is -1.71. The van der Waals surface area contributed by atoms with Gasteiger partial charge in [-0.15, -0.1) is 0 Å². The molecule has 0 rings (SSSR count). The van der Waals surface area contributed by atoms with Crippen molar-refractivity contribution in [1.82, 2.24) is 0 Å². The van der Waals surface area contributed by atoms with Gasteiger partial charge >= 0.3 is 11.9 Å². The number of rotatable bonds is 4. The fraction of sp³-hybridized carbons (Fsp3) is 0.800. The van der Waals surface area contributed by atoms with E-state index >= 15 is 0 Å². The van der Waals surface area contributed by atoms with Crippen LogP contribution < -0.4 is 0 Å². The molecule has 0 aliphatic carbocycles. The predicted molar refractivity (Wildman–Crippen MR) is 59.9 cm³/mol. The van der Waals surface area contributed by atoms with Gasteiger partial charge in [-0.3, -0.25) is 0 Å². The molecule has 8 nitrogen and oxygen atoms in total. The quantitative estimate of drug-likeness (QED) is 0.356. The topological polar surface area (TPSA) is 156 Å². The van der Waals surface area contributed by atoms with Crippen LogP contribution >= 0.6 is 0 Å². The third-order valence-electron chi connectivity index (χ3n) is 1.81. The summed E-state index contributed by atoms with van der Waals surface area (Å²) in [7, 11) is 0. The van der Waals surface area contributed by atoms with Crippen molar-refractivity contribution in [3.8, 4) is 0 Å². The average molecular weight is 268 g/mol. The Kier molecular flexibility index (Phi) is 7.06. The molecule has 108 valence electrons. The lowest BCUT2D eigenvalue weighted by atomic mass is 10.0. The fourth-order valence-corrected chi connectivity index (χ4v) is 0.604. The Morgan fingerprint density at radius 1 is 0.778 bits per heavy atom. The van der Waals surface area contributed by atoms with Crippen LogP contribution in [-0.2, 0) is 9.59 Å². The predicted octanol–water partition coefficient (Wildman–Crippen LogP) is -1.59. The summed E-state index contributed by atoms with van der Waals surface area (Å²) >= 11 is 0. The van der Waals surface area contributed by atoms with E-state index in [1.807, 2.05) is 0 Å². The van der Waals surface area contributed by atoms with Crippen molar-refractivity contribution in [2.45, 2.75) is 51.1 Å². The molecule has 0 saturated heterocycles. The number of aliphatic hydroxyl groups is 4. The van der Waals surface area contributed by atoms with Gasteiger partial charge in [-0.2, -0.15) is 0 Å². The second-order valence-electron chi connectivity index (χ2n) is 4.79. The van der Waals surface area contributed by atoms with Gasteiger partial charge in [0.2, 0.25) is 0 Å². The van der Waals surface area contributed by atoms with Gasteiger partial charge in [0.05, 0.1) is 11.2 Å². The lowest BCUT2D eigenvalue weighted by molar-refractivity contribution is -0.160. The van der Waals surface area contributed by atoms with Crippen LogP contribution in [0.1, 0.15) is 27.7 Å². The lowest BCUT2D eigenvalue weighted by Gasteiger charge is -2.19. The van der Waals surface area contributed by atoms with Gasteiger partial charge in [-0.1, -0.05) is 0 Å². The number of carboxylic acid groups (broad SMARTS) is 2. The number of aliphatic hydroxyl groups excluding tert-OH is 2. The molecule has 2 atom stereocenters. The molecule has 0 aromatic carbocycles. The van der Waals surface area contributed by atoms with Crippen molar-refractivity contribution in [2.75, 3.05) is 0 Å². The summed E-state index contributed by atoms with van der Waals surface area (Å²) in [6.45, 7) is 4.91. The average Bonchev–Trinajstić information content (AvgIpc) is 2.13. The maximum atomic E-state index is 9.94. The first-order valence-corrected chi connectivity index (χ1v) is 4.97. The van der Waals surface area contributed by atoms with Gasteiger partial charge < -0.3 is 30.6 Å². The van der Waals surface area contributed by atoms with Crippen molar-refractivity contribution >= 4 is 11.9 Å². The standard InChI is InChI=1S/2C5H10O4/c2*1-5(2,9)3(6)4(7)8/h2*3,6,9H,1-2H3,(H,7,8). The molecule has 6 N–H and O–H groups in total. The van der Waals surface area contributed by atoms with Gasteiger partial charge in [0, 0.05) is 0 Å². The van der Waals surface area contributed by atoms with Gasteiger partial charge in [0.25, 0.3) is 0 Å². The summed E-state index contributed by atoms with van der Waals surface area (Å²) in [6, 6.07) is 0. The first-order valence-electron chi connectivity index (χ1n) is 4.97. The molecule has 0 aliphatic rings. The molecule has 0 aromatic heterocycles. The number of hydrogen-bond donors (Lipinski definition) is 6. The molecule has 0 radical (unpaired) electrons. The van der Waals surface area contributed by atoms with Crippen molar-refractivity contribution < 1.29 is 40.2 Å². The van der Waals surface area contributed by atoms with Crippen LogP contribution in [0.3, 0.4) is 0 Å². The molecule has 0 fully saturated rings. The Labute approximate surface area is 104 Å². The smallest absolute Gasteiger partial charge is 0.335 e. The molecular formula is C10H20O8. The number of carboxylic acids is 2. The SMILES string of the molecule is CC(C)(O)C(O)C(=O)O.CC(C)(O)C(O)C(=O)O. The maximum Gasteiger partial charge on any atom is 0.335 e. The van der Waals surface area contributed by atoms with E-state index in [2.05, 4.69) is 0 Å². The highest BCUT2D eigenvalue weighted by atomic mass is 16.4. The van der Waals surface area contributed by atoms with E-state index in [-0.39, 0.29) is 0 Å². The number of hydrogen-bond acceptors (Lipinski definition) is 6. The molecule has 0 amide bonds. The van der Waals surface area contributed by atoms with E-state index in [9.17, 15) is 9.59 Å². The van der Waals surface area contributed by atoms with E-state index in [0.29, 0.717) is 0 Å². The summed E-state index contributed by atoms with van der Waals surface area (Å²) < 4.78 is 0. The van der Waals surface area contributed by atoms with E-state index in [0.717, 1.165) is 0 Å². The van der Waals surface area contributed by atoms with Crippen LogP contribution in [0, 0.1) is 0 Å². The van der Waals surface area contributed by atoms with Crippen molar-refractivity contribution in [2.24, 2.45) is 0 Å². The first kappa shape index (κ1) is 19.1. The van der Waals surface area contributed by atoms with Gasteiger partial charge in [-0.05, 0) is 27.7 Å². The van der Waals surface area contributed by atoms with Crippen LogP contribution in [0.15, 0.2) is 0 Å². The van der Waals surface area contributed by atoms with E-state index in [1.54, 1.807) is 0 Å². The fourth-order valence-electron chi connectivity index (χ4n) is 0.604. The molecular weight excluding hydrogens is 248 g/mol. The molecule has 18 heavy (non-hydrogen) atoms. The molecule has 0 spiro atoms. The normalized spacial score (nSPS) is 15.1. The van der Waals surface area contributed by atoms with Crippen LogP contribution in [0.4, 0.5) is 0 Å². The van der Waals surface area contributed by atoms with Crippen LogP contribution in [-0.4, -0.2) is 66.0 Å². The molecule has 0 aromatic rings. The number of aliphatic carboxylic acids is 2. The molecule has 0 heterocycles. The maximum absolute atomic E-state index is 9.94. The van der Waals surface area contributed by atoms with E-state index in [1.165, 1.54) is 27.7 Å². The minimum absolute atomic E-state index is 1.23. The molecule has 2 unspecified atom stereocenters. The summed E-state index contributed by atoms with van der Waals surface area (Å²) in [5.41, 5.74) is -3.13. The Hall–Kier alpha value is -1.22. The van der Waals surface area contributed by atoms with Gasteiger partial charge in [0.1, 0.15) is 0 Å². The second kappa shape index (κ2) is 6.64. The van der Waals surface area contributed by atoms with Crippen molar-refractivity contribution in [3.05, 3.63) is 0 Å². The van der Waals surface area contributed by atoms with Crippen LogP contribution in [0.2, 0.25) is 0 Å². The summed E-state index contributed by atoms with van der Waals surface area (Å²) in [4.78, 5) is 19.9. The monoisotopic (exact) mass is 268 g/mol. The summed E-state index contributed by atoms with van der Waals surface area (Å²) in [5.74, 6) is -2.83. The Balaban J connectivity index is 0. The van der Waals surface area contributed by atoms with Crippen molar-refractivity contribution in [3.63, 3.8) is 0 Å². The van der Waals surface area contributed by atoms with Crippen LogP contribution in [0.5, 0.6) is 0 Å². The Bertz CT molecular complexity index is 255. The second-order valence-corrected chi connectivity index (χ2v) is 4.79. The third-order valence-corrected chi connectivity index (χ3v) is 1.81. The molecule has 8 heteroatoms. The highest BCUT2D eigenvalue weighted by molar-refractivity contribution is 5.73. The zero-order valence-corrected chi connectivity index (χ0v) is 10.7.